The second kappa shape index (κ2) is 6.42. The Morgan fingerprint density at radius 1 is 1.33 bits per heavy atom. The van der Waals surface area contributed by atoms with E-state index in [2.05, 4.69) is 21.9 Å². The SMILES string of the molecule is CCn1ncnc1CC(N)C1(N2CCOCC2)CCCC1. The van der Waals surface area contributed by atoms with E-state index in [0.29, 0.717) is 0 Å². The van der Waals surface area contributed by atoms with Crippen LogP contribution in [0.3, 0.4) is 0 Å². The van der Waals surface area contributed by atoms with Crippen molar-refractivity contribution in [3.63, 3.8) is 0 Å². The van der Waals surface area contributed by atoms with E-state index in [1.807, 2.05) is 4.68 Å². The fraction of sp³-hybridized carbons (Fsp3) is 0.867. The maximum Gasteiger partial charge on any atom is 0.138 e. The summed E-state index contributed by atoms with van der Waals surface area (Å²) < 4.78 is 7.48. The number of nitrogens with zero attached hydrogens (tertiary/aromatic N) is 4. The molecule has 0 bridgehead atoms. The molecule has 6 nitrogen and oxygen atoms in total. The zero-order chi connectivity index (χ0) is 14.7. The van der Waals surface area contributed by atoms with Crippen LogP contribution in [0.15, 0.2) is 6.33 Å². The van der Waals surface area contributed by atoms with Gasteiger partial charge in [-0.1, -0.05) is 12.8 Å². The van der Waals surface area contributed by atoms with Crippen LogP contribution in [-0.4, -0.2) is 57.5 Å². The third kappa shape index (κ3) is 2.84. The van der Waals surface area contributed by atoms with E-state index in [1.165, 1.54) is 25.7 Å². The summed E-state index contributed by atoms with van der Waals surface area (Å²) in [6.07, 6.45) is 7.42. The van der Waals surface area contributed by atoms with Gasteiger partial charge in [-0.3, -0.25) is 9.58 Å². The van der Waals surface area contributed by atoms with Gasteiger partial charge in [0.15, 0.2) is 0 Å². The zero-order valence-corrected chi connectivity index (χ0v) is 13.0. The number of ether oxygens (including phenoxy) is 1. The molecule has 1 aliphatic heterocycles. The van der Waals surface area contributed by atoms with Crippen LogP contribution in [0.5, 0.6) is 0 Å². The third-order valence-electron chi connectivity index (χ3n) is 5.20. The number of rotatable bonds is 5. The maximum absolute atomic E-state index is 6.70. The smallest absolute Gasteiger partial charge is 0.138 e. The lowest BCUT2D eigenvalue weighted by Gasteiger charge is -2.47. The van der Waals surface area contributed by atoms with Gasteiger partial charge in [-0.15, -0.1) is 0 Å². The summed E-state index contributed by atoms with van der Waals surface area (Å²) in [7, 11) is 0. The third-order valence-corrected chi connectivity index (χ3v) is 5.20. The molecule has 1 aromatic heterocycles. The van der Waals surface area contributed by atoms with Crippen molar-refractivity contribution in [3.8, 4) is 0 Å². The Labute approximate surface area is 126 Å². The van der Waals surface area contributed by atoms with Gasteiger partial charge in [0.2, 0.25) is 0 Å². The average molecular weight is 293 g/mol. The van der Waals surface area contributed by atoms with Gasteiger partial charge in [0.25, 0.3) is 0 Å². The molecule has 1 atom stereocenters. The quantitative estimate of drug-likeness (QED) is 0.870. The van der Waals surface area contributed by atoms with E-state index in [4.69, 9.17) is 10.5 Å². The lowest BCUT2D eigenvalue weighted by atomic mass is 9.84. The molecule has 2 aliphatic rings. The summed E-state index contributed by atoms with van der Waals surface area (Å²) in [6.45, 7) is 6.63. The molecule has 0 amide bonds. The van der Waals surface area contributed by atoms with E-state index in [0.717, 1.165) is 45.1 Å². The topological polar surface area (TPSA) is 69.2 Å². The molecule has 1 unspecified atom stereocenters. The number of hydrogen-bond acceptors (Lipinski definition) is 5. The number of morpholine rings is 1. The summed E-state index contributed by atoms with van der Waals surface area (Å²) in [5.41, 5.74) is 6.83. The van der Waals surface area contributed by atoms with Crippen LogP contribution in [0.4, 0.5) is 0 Å². The lowest BCUT2D eigenvalue weighted by Crippen LogP contribution is -2.62. The van der Waals surface area contributed by atoms with Crippen LogP contribution < -0.4 is 5.73 Å². The molecule has 1 aromatic rings. The summed E-state index contributed by atoms with van der Waals surface area (Å²) in [6, 6.07) is 0.118. The molecule has 118 valence electrons. The first-order valence-corrected chi connectivity index (χ1v) is 8.21. The first-order valence-electron chi connectivity index (χ1n) is 8.21. The fourth-order valence-corrected chi connectivity index (χ4v) is 4.01. The molecule has 21 heavy (non-hydrogen) atoms. The molecule has 2 heterocycles. The lowest BCUT2D eigenvalue weighted by molar-refractivity contribution is -0.0308. The van der Waals surface area contributed by atoms with Gasteiger partial charge in [-0.05, 0) is 19.8 Å². The van der Waals surface area contributed by atoms with Crippen molar-refractivity contribution in [2.75, 3.05) is 26.3 Å². The van der Waals surface area contributed by atoms with Crippen molar-refractivity contribution >= 4 is 0 Å². The minimum Gasteiger partial charge on any atom is -0.379 e. The van der Waals surface area contributed by atoms with Gasteiger partial charge < -0.3 is 10.5 Å². The number of aromatic nitrogens is 3. The summed E-state index contributed by atoms with van der Waals surface area (Å²) in [4.78, 5) is 6.99. The van der Waals surface area contributed by atoms with Crippen LogP contribution in [0.1, 0.15) is 38.4 Å². The van der Waals surface area contributed by atoms with E-state index < -0.39 is 0 Å². The van der Waals surface area contributed by atoms with Crippen LogP contribution in [0.2, 0.25) is 0 Å². The highest BCUT2D eigenvalue weighted by Crippen LogP contribution is 2.38. The molecule has 1 saturated heterocycles. The van der Waals surface area contributed by atoms with Crippen molar-refractivity contribution in [3.05, 3.63) is 12.2 Å². The van der Waals surface area contributed by atoms with Crippen LogP contribution >= 0.6 is 0 Å². The molecule has 6 heteroatoms. The minimum absolute atomic E-state index is 0.118. The average Bonchev–Trinajstić information content (AvgIpc) is 3.17. The van der Waals surface area contributed by atoms with Crippen molar-refractivity contribution < 1.29 is 4.74 Å². The van der Waals surface area contributed by atoms with Crippen LogP contribution in [0.25, 0.3) is 0 Å². The molecule has 1 saturated carbocycles. The molecule has 2 N–H and O–H groups in total. The van der Waals surface area contributed by atoms with E-state index in [-0.39, 0.29) is 11.6 Å². The molecule has 3 rings (SSSR count). The predicted octanol–water partition coefficient (Wildman–Crippen LogP) is 0.813. The number of nitrogens with two attached hydrogens (primary N) is 1. The molecule has 0 radical (unpaired) electrons. The maximum atomic E-state index is 6.70. The Hall–Kier alpha value is -0.980. The van der Waals surface area contributed by atoms with Gasteiger partial charge >= 0.3 is 0 Å². The van der Waals surface area contributed by atoms with Gasteiger partial charge in [-0.25, -0.2) is 4.98 Å². The number of aryl methyl sites for hydroxylation is 1. The van der Waals surface area contributed by atoms with Crippen molar-refractivity contribution in [2.24, 2.45) is 5.73 Å². The first kappa shape index (κ1) is 14.9. The highest BCUT2D eigenvalue weighted by atomic mass is 16.5. The Bertz CT molecular complexity index is 449. The fourth-order valence-electron chi connectivity index (χ4n) is 4.01. The Kier molecular flexibility index (Phi) is 4.57. The Morgan fingerprint density at radius 2 is 2.05 bits per heavy atom. The summed E-state index contributed by atoms with van der Waals surface area (Å²) >= 11 is 0. The molecule has 0 spiro atoms. The van der Waals surface area contributed by atoms with Crippen molar-refractivity contribution in [2.45, 2.75) is 57.2 Å². The Morgan fingerprint density at radius 3 is 2.71 bits per heavy atom. The standard InChI is InChI=1S/C15H27N5O/c1-2-20-14(17-12-18-20)11-13(16)15(5-3-4-6-15)19-7-9-21-10-8-19/h12-13H,2-11,16H2,1H3. The largest absolute Gasteiger partial charge is 0.379 e. The van der Waals surface area contributed by atoms with Crippen molar-refractivity contribution in [1.29, 1.82) is 0 Å². The van der Waals surface area contributed by atoms with Gasteiger partial charge in [0.1, 0.15) is 12.2 Å². The zero-order valence-electron chi connectivity index (χ0n) is 13.0. The first-order chi connectivity index (χ1) is 10.3. The minimum atomic E-state index is 0.118. The second-order valence-electron chi connectivity index (χ2n) is 6.21. The van der Waals surface area contributed by atoms with Gasteiger partial charge in [0, 0.05) is 37.6 Å². The molecule has 2 fully saturated rings. The molecular weight excluding hydrogens is 266 g/mol. The summed E-state index contributed by atoms with van der Waals surface area (Å²) in [5.74, 6) is 1.02. The molecule has 0 aromatic carbocycles. The second-order valence-corrected chi connectivity index (χ2v) is 6.21. The highest BCUT2D eigenvalue weighted by molar-refractivity contribution is 5.06. The van der Waals surface area contributed by atoms with Crippen LogP contribution in [0, 0.1) is 0 Å². The van der Waals surface area contributed by atoms with Crippen molar-refractivity contribution in [1.82, 2.24) is 19.7 Å². The Balaban J connectivity index is 1.76. The molecule has 1 aliphatic carbocycles. The van der Waals surface area contributed by atoms with Gasteiger partial charge in [-0.2, -0.15) is 5.10 Å². The van der Waals surface area contributed by atoms with Crippen LogP contribution in [-0.2, 0) is 17.7 Å². The van der Waals surface area contributed by atoms with Gasteiger partial charge in [0.05, 0.1) is 13.2 Å². The number of hydrogen-bond donors (Lipinski definition) is 1. The van der Waals surface area contributed by atoms with E-state index in [9.17, 15) is 0 Å². The normalized spacial score (nSPS) is 24.3. The predicted molar refractivity (Wildman–Crippen MR) is 81.0 cm³/mol. The van der Waals surface area contributed by atoms with E-state index >= 15 is 0 Å². The van der Waals surface area contributed by atoms with E-state index in [1.54, 1.807) is 6.33 Å². The summed E-state index contributed by atoms with van der Waals surface area (Å²) in [5, 5.41) is 4.27. The highest BCUT2D eigenvalue weighted by Gasteiger charge is 2.45. The molecular formula is C15H27N5O. The monoisotopic (exact) mass is 293 g/mol.